The summed E-state index contributed by atoms with van der Waals surface area (Å²) in [5, 5.41) is 15.4. The van der Waals surface area contributed by atoms with Gasteiger partial charge in [-0.2, -0.15) is 5.10 Å². The first kappa shape index (κ1) is 16.7. The van der Waals surface area contributed by atoms with Crippen LogP contribution in [0.4, 0.5) is 11.5 Å². The Kier molecular flexibility index (Phi) is 4.03. The number of aryl methyl sites for hydroxylation is 2. The van der Waals surface area contributed by atoms with E-state index in [4.69, 9.17) is 4.74 Å². The van der Waals surface area contributed by atoms with E-state index in [9.17, 15) is 4.79 Å². The van der Waals surface area contributed by atoms with E-state index in [1.165, 1.54) is 19.8 Å². The number of hydrogen-bond donors (Lipinski definition) is 2. The van der Waals surface area contributed by atoms with Crippen LogP contribution in [0, 0.1) is 13.8 Å². The molecule has 0 bridgehead atoms. The average Bonchev–Trinajstić information content (AvgIpc) is 3.32. The van der Waals surface area contributed by atoms with E-state index in [1.807, 2.05) is 32.0 Å². The zero-order chi connectivity index (χ0) is 19.0. The average molecular weight is 363 g/mol. The van der Waals surface area contributed by atoms with Crippen LogP contribution in [0.15, 0.2) is 37.1 Å². The van der Waals surface area contributed by atoms with E-state index in [0.717, 1.165) is 22.4 Å². The molecule has 3 heterocycles. The number of anilines is 2. The number of fused-ring (bicyclic) bond motifs is 1. The third-order valence-electron chi connectivity index (χ3n) is 4.41. The number of aromatic nitrogens is 6. The summed E-state index contributed by atoms with van der Waals surface area (Å²) in [4.78, 5) is 19.3. The number of aromatic amines is 1. The van der Waals surface area contributed by atoms with Crippen LogP contribution in [0.3, 0.4) is 0 Å². The third-order valence-corrected chi connectivity index (χ3v) is 4.41. The standard InChI is InChI=1S/C18H17N7O2/c1-10-4-5-12(16-19-8-21-24-16)6-14(10)23-17-15-11(2)13(18(26)27-3)7-25(15)22-9-20-17/h4-9H,1-3H3,(H,19,21,24)(H,20,22,23). The number of benzene rings is 1. The fraction of sp³-hybridized carbons (Fsp3) is 0.167. The van der Waals surface area contributed by atoms with E-state index in [2.05, 4.69) is 30.6 Å². The first-order valence-corrected chi connectivity index (χ1v) is 8.24. The minimum absolute atomic E-state index is 0.410. The van der Waals surface area contributed by atoms with Crippen LogP contribution in [0.5, 0.6) is 0 Å². The van der Waals surface area contributed by atoms with E-state index in [1.54, 1.807) is 10.7 Å². The maximum Gasteiger partial charge on any atom is 0.339 e. The van der Waals surface area contributed by atoms with Crippen LogP contribution in [0.2, 0.25) is 0 Å². The Labute approximate surface area is 154 Å². The van der Waals surface area contributed by atoms with Crippen molar-refractivity contribution in [3.63, 3.8) is 0 Å². The number of methoxy groups -OCH3 is 1. The second-order valence-electron chi connectivity index (χ2n) is 6.05. The number of nitrogens with zero attached hydrogens (tertiary/aromatic N) is 5. The summed E-state index contributed by atoms with van der Waals surface area (Å²) in [6.07, 6.45) is 4.61. The van der Waals surface area contributed by atoms with Crippen molar-refractivity contribution in [2.24, 2.45) is 0 Å². The lowest BCUT2D eigenvalue weighted by Gasteiger charge is -2.11. The lowest BCUT2D eigenvalue weighted by molar-refractivity contribution is 0.0600. The SMILES string of the molecule is COC(=O)c1cn2ncnc(Nc3cc(-c4nnc[nH]4)ccc3C)c2c1C. The van der Waals surface area contributed by atoms with Crippen molar-refractivity contribution in [2.75, 3.05) is 12.4 Å². The number of esters is 1. The van der Waals surface area contributed by atoms with E-state index in [-0.39, 0.29) is 0 Å². The van der Waals surface area contributed by atoms with Gasteiger partial charge in [0.15, 0.2) is 11.6 Å². The summed E-state index contributed by atoms with van der Waals surface area (Å²) in [5.74, 6) is 0.862. The van der Waals surface area contributed by atoms with Crippen LogP contribution in [-0.2, 0) is 4.74 Å². The van der Waals surface area contributed by atoms with Gasteiger partial charge < -0.3 is 15.0 Å². The fourth-order valence-electron chi connectivity index (χ4n) is 2.95. The molecule has 0 saturated carbocycles. The zero-order valence-electron chi connectivity index (χ0n) is 15.0. The molecule has 4 rings (SSSR count). The van der Waals surface area contributed by atoms with Gasteiger partial charge in [-0.05, 0) is 31.0 Å². The molecule has 0 radical (unpaired) electrons. The first-order chi connectivity index (χ1) is 13.1. The number of rotatable bonds is 4. The molecule has 0 aliphatic heterocycles. The number of carbonyl (C=O) groups excluding carboxylic acids is 1. The number of nitrogens with one attached hydrogen (secondary N) is 2. The molecule has 0 fully saturated rings. The molecule has 2 N–H and O–H groups in total. The lowest BCUT2D eigenvalue weighted by Crippen LogP contribution is -2.02. The molecule has 4 aromatic rings. The second kappa shape index (κ2) is 6.52. The first-order valence-electron chi connectivity index (χ1n) is 8.24. The topological polar surface area (TPSA) is 110 Å². The zero-order valence-corrected chi connectivity index (χ0v) is 15.0. The van der Waals surface area contributed by atoms with Crippen LogP contribution >= 0.6 is 0 Å². The Bertz CT molecular complexity index is 1130. The summed E-state index contributed by atoms with van der Waals surface area (Å²) >= 11 is 0. The van der Waals surface area contributed by atoms with Crippen LogP contribution in [-0.4, -0.2) is 42.9 Å². The quantitative estimate of drug-likeness (QED) is 0.536. The van der Waals surface area contributed by atoms with E-state index < -0.39 is 5.97 Å². The maximum absolute atomic E-state index is 12.0. The molecule has 9 heteroatoms. The Hall–Kier alpha value is -3.75. The van der Waals surface area contributed by atoms with Gasteiger partial charge in [-0.25, -0.2) is 14.3 Å². The lowest BCUT2D eigenvalue weighted by atomic mass is 10.1. The highest BCUT2D eigenvalue weighted by Crippen LogP contribution is 2.29. The van der Waals surface area contributed by atoms with Gasteiger partial charge in [-0.15, -0.1) is 10.2 Å². The van der Waals surface area contributed by atoms with Crippen LogP contribution in [0.1, 0.15) is 21.5 Å². The smallest absolute Gasteiger partial charge is 0.339 e. The van der Waals surface area contributed by atoms with Gasteiger partial charge in [0.1, 0.15) is 18.2 Å². The summed E-state index contributed by atoms with van der Waals surface area (Å²) in [6.45, 7) is 3.84. The molecular weight excluding hydrogens is 346 g/mol. The van der Waals surface area contributed by atoms with Gasteiger partial charge in [-0.1, -0.05) is 12.1 Å². The van der Waals surface area contributed by atoms with Crippen molar-refractivity contribution in [3.8, 4) is 11.4 Å². The van der Waals surface area contributed by atoms with Crippen molar-refractivity contribution in [1.82, 2.24) is 29.8 Å². The predicted molar refractivity (Wildman–Crippen MR) is 98.9 cm³/mol. The Morgan fingerprint density at radius 2 is 2.15 bits per heavy atom. The Balaban J connectivity index is 1.79. The summed E-state index contributed by atoms with van der Waals surface area (Å²) in [7, 11) is 1.35. The molecule has 0 unspecified atom stereocenters. The molecule has 27 heavy (non-hydrogen) atoms. The molecule has 0 saturated heterocycles. The van der Waals surface area contributed by atoms with Crippen LogP contribution in [0.25, 0.3) is 16.9 Å². The maximum atomic E-state index is 12.0. The summed E-state index contributed by atoms with van der Waals surface area (Å²) < 4.78 is 6.46. The van der Waals surface area contributed by atoms with Crippen molar-refractivity contribution >= 4 is 23.0 Å². The van der Waals surface area contributed by atoms with Crippen molar-refractivity contribution in [2.45, 2.75) is 13.8 Å². The van der Waals surface area contributed by atoms with Gasteiger partial charge in [0.25, 0.3) is 0 Å². The monoisotopic (exact) mass is 363 g/mol. The highest BCUT2D eigenvalue weighted by atomic mass is 16.5. The van der Waals surface area contributed by atoms with Gasteiger partial charge in [-0.3, -0.25) is 0 Å². The second-order valence-corrected chi connectivity index (χ2v) is 6.05. The van der Waals surface area contributed by atoms with E-state index in [0.29, 0.717) is 22.7 Å². The molecule has 0 aliphatic rings. The third kappa shape index (κ3) is 2.88. The molecule has 136 valence electrons. The largest absolute Gasteiger partial charge is 0.465 e. The molecule has 3 aromatic heterocycles. The molecule has 9 nitrogen and oxygen atoms in total. The van der Waals surface area contributed by atoms with E-state index >= 15 is 0 Å². The highest BCUT2D eigenvalue weighted by molar-refractivity contribution is 5.95. The fourth-order valence-corrected chi connectivity index (χ4v) is 2.95. The highest BCUT2D eigenvalue weighted by Gasteiger charge is 2.18. The number of carbonyl (C=O) groups is 1. The minimum atomic E-state index is -0.410. The van der Waals surface area contributed by atoms with Gasteiger partial charge in [0, 0.05) is 17.4 Å². The van der Waals surface area contributed by atoms with Crippen molar-refractivity contribution in [1.29, 1.82) is 0 Å². The summed E-state index contributed by atoms with van der Waals surface area (Å²) in [6, 6.07) is 5.92. The van der Waals surface area contributed by atoms with Gasteiger partial charge in [0.05, 0.1) is 12.7 Å². The molecule has 0 aliphatic carbocycles. The Morgan fingerprint density at radius 1 is 1.30 bits per heavy atom. The van der Waals surface area contributed by atoms with Crippen molar-refractivity contribution < 1.29 is 9.53 Å². The molecule has 0 amide bonds. The molecule has 0 spiro atoms. The molecule has 0 atom stereocenters. The number of H-pyrrole nitrogens is 1. The van der Waals surface area contributed by atoms with Crippen LogP contribution < -0.4 is 5.32 Å². The molecule has 1 aromatic carbocycles. The van der Waals surface area contributed by atoms with Gasteiger partial charge in [0.2, 0.25) is 0 Å². The van der Waals surface area contributed by atoms with Crippen molar-refractivity contribution in [3.05, 3.63) is 53.7 Å². The summed E-state index contributed by atoms with van der Waals surface area (Å²) in [5.41, 5.74) is 4.70. The number of ether oxygens (including phenoxy) is 1. The van der Waals surface area contributed by atoms with Gasteiger partial charge >= 0.3 is 5.97 Å². The molecular formula is C18H17N7O2. The normalized spacial score (nSPS) is 10.9. The Morgan fingerprint density at radius 3 is 2.89 bits per heavy atom. The predicted octanol–water partition coefficient (Wildman–Crippen LogP) is 2.66. The number of hydrogen-bond acceptors (Lipinski definition) is 7. The minimum Gasteiger partial charge on any atom is -0.465 e.